The number of hydrogen-bond donors (Lipinski definition) is 2. The van der Waals surface area contributed by atoms with Crippen molar-refractivity contribution in [3.8, 4) is 0 Å². The molecule has 1 heterocycles. The fourth-order valence-electron chi connectivity index (χ4n) is 1.87. The summed E-state index contributed by atoms with van der Waals surface area (Å²) in [5, 5.41) is 23.0. The normalized spacial score (nSPS) is 11.9. The SMILES string of the molecule is CCCC(CO)(CO)CCc1ccsc1. The maximum absolute atomic E-state index is 9.38. The van der Waals surface area contributed by atoms with Gasteiger partial charge in [-0.15, -0.1) is 0 Å². The van der Waals surface area contributed by atoms with Gasteiger partial charge in [-0.25, -0.2) is 0 Å². The molecule has 0 aliphatic rings. The molecule has 1 aromatic heterocycles. The summed E-state index contributed by atoms with van der Waals surface area (Å²) in [6.45, 7) is 2.26. The molecule has 0 aliphatic carbocycles. The van der Waals surface area contributed by atoms with Crippen molar-refractivity contribution in [2.24, 2.45) is 5.41 Å². The van der Waals surface area contributed by atoms with Gasteiger partial charge >= 0.3 is 0 Å². The summed E-state index contributed by atoms with van der Waals surface area (Å²) in [7, 11) is 0. The van der Waals surface area contributed by atoms with Crippen LogP contribution in [0.5, 0.6) is 0 Å². The lowest BCUT2D eigenvalue weighted by molar-refractivity contribution is 0.0394. The lowest BCUT2D eigenvalue weighted by Crippen LogP contribution is -2.30. The van der Waals surface area contributed by atoms with Crippen LogP contribution < -0.4 is 0 Å². The molecule has 1 rings (SSSR count). The molecule has 0 atom stereocenters. The molecule has 0 radical (unpaired) electrons. The molecule has 0 aliphatic heterocycles. The van der Waals surface area contributed by atoms with Crippen LogP contribution in [0.25, 0.3) is 0 Å². The molecule has 0 saturated carbocycles. The van der Waals surface area contributed by atoms with Crippen LogP contribution in [0.3, 0.4) is 0 Å². The maximum atomic E-state index is 9.38. The minimum Gasteiger partial charge on any atom is -0.396 e. The summed E-state index contributed by atoms with van der Waals surface area (Å²) >= 11 is 1.69. The molecule has 0 bridgehead atoms. The number of aryl methyl sites for hydroxylation is 1. The van der Waals surface area contributed by atoms with Gasteiger partial charge in [-0.3, -0.25) is 0 Å². The molecule has 2 N–H and O–H groups in total. The van der Waals surface area contributed by atoms with Gasteiger partial charge in [-0.1, -0.05) is 13.3 Å². The van der Waals surface area contributed by atoms with E-state index in [1.807, 2.05) is 0 Å². The summed E-state index contributed by atoms with van der Waals surface area (Å²) in [6.07, 6.45) is 3.71. The van der Waals surface area contributed by atoms with Crippen molar-refractivity contribution in [3.63, 3.8) is 0 Å². The van der Waals surface area contributed by atoms with Crippen LogP contribution in [-0.4, -0.2) is 23.4 Å². The predicted molar refractivity (Wildman–Crippen MR) is 64.2 cm³/mol. The molecule has 0 amide bonds. The van der Waals surface area contributed by atoms with E-state index in [1.54, 1.807) is 11.3 Å². The Morgan fingerprint density at radius 3 is 2.47 bits per heavy atom. The van der Waals surface area contributed by atoms with E-state index in [0.29, 0.717) is 0 Å². The van der Waals surface area contributed by atoms with E-state index in [2.05, 4.69) is 23.8 Å². The van der Waals surface area contributed by atoms with E-state index in [1.165, 1.54) is 5.56 Å². The first-order valence-electron chi connectivity index (χ1n) is 5.49. The van der Waals surface area contributed by atoms with Gasteiger partial charge in [0.1, 0.15) is 0 Å². The number of rotatable bonds is 7. The van der Waals surface area contributed by atoms with Crippen molar-refractivity contribution in [3.05, 3.63) is 22.4 Å². The fraction of sp³-hybridized carbons (Fsp3) is 0.667. The van der Waals surface area contributed by atoms with Crippen LogP contribution in [0.1, 0.15) is 31.7 Å². The molecule has 0 spiro atoms. The number of thiophene rings is 1. The van der Waals surface area contributed by atoms with Crippen LogP contribution in [0.4, 0.5) is 0 Å². The van der Waals surface area contributed by atoms with Gasteiger partial charge in [0.25, 0.3) is 0 Å². The highest BCUT2D eigenvalue weighted by atomic mass is 32.1. The van der Waals surface area contributed by atoms with Crippen LogP contribution in [-0.2, 0) is 6.42 Å². The predicted octanol–water partition coefficient (Wildman–Crippen LogP) is 2.45. The molecule has 0 saturated heterocycles. The van der Waals surface area contributed by atoms with E-state index in [4.69, 9.17) is 0 Å². The molecule has 3 heteroatoms. The third kappa shape index (κ3) is 3.59. The molecule has 0 unspecified atom stereocenters. The van der Waals surface area contributed by atoms with Gasteiger partial charge in [0.2, 0.25) is 0 Å². The van der Waals surface area contributed by atoms with E-state index < -0.39 is 0 Å². The topological polar surface area (TPSA) is 40.5 Å². The second-order valence-corrected chi connectivity index (χ2v) is 4.98. The lowest BCUT2D eigenvalue weighted by Gasteiger charge is -2.29. The van der Waals surface area contributed by atoms with Gasteiger partial charge in [0.05, 0.1) is 13.2 Å². The Morgan fingerprint density at radius 1 is 1.27 bits per heavy atom. The van der Waals surface area contributed by atoms with E-state index in [0.717, 1.165) is 25.7 Å². The average Bonchev–Trinajstić information content (AvgIpc) is 2.77. The van der Waals surface area contributed by atoms with Crippen molar-refractivity contribution in [2.45, 2.75) is 32.6 Å². The minimum atomic E-state index is -0.281. The zero-order valence-corrected chi connectivity index (χ0v) is 10.1. The van der Waals surface area contributed by atoms with Crippen LogP contribution in [0.2, 0.25) is 0 Å². The highest BCUT2D eigenvalue weighted by Gasteiger charge is 2.27. The third-order valence-electron chi connectivity index (χ3n) is 2.98. The first-order valence-corrected chi connectivity index (χ1v) is 6.43. The Hall–Kier alpha value is -0.380. The first-order chi connectivity index (χ1) is 7.26. The highest BCUT2D eigenvalue weighted by molar-refractivity contribution is 7.07. The molecular formula is C12H20O2S. The molecule has 0 aromatic carbocycles. The number of aliphatic hydroxyl groups is 2. The summed E-state index contributed by atoms with van der Waals surface area (Å²) in [6, 6.07) is 2.11. The van der Waals surface area contributed by atoms with Gasteiger partial charge < -0.3 is 10.2 Å². The number of aliphatic hydroxyl groups excluding tert-OH is 2. The van der Waals surface area contributed by atoms with Crippen molar-refractivity contribution < 1.29 is 10.2 Å². The standard InChI is InChI=1S/C12H20O2S/c1-2-5-12(9-13,10-14)6-3-11-4-7-15-8-11/h4,7-8,13-14H,2-3,5-6,9-10H2,1H3. The zero-order valence-electron chi connectivity index (χ0n) is 9.28. The largest absolute Gasteiger partial charge is 0.396 e. The average molecular weight is 228 g/mol. The maximum Gasteiger partial charge on any atom is 0.0509 e. The Bertz CT molecular complexity index is 253. The van der Waals surface area contributed by atoms with E-state index >= 15 is 0 Å². The van der Waals surface area contributed by atoms with Crippen LogP contribution in [0.15, 0.2) is 16.8 Å². The van der Waals surface area contributed by atoms with Crippen LogP contribution >= 0.6 is 11.3 Å². The van der Waals surface area contributed by atoms with Crippen LogP contribution in [0, 0.1) is 5.41 Å². The first kappa shape index (κ1) is 12.7. The van der Waals surface area contributed by atoms with E-state index in [9.17, 15) is 10.2 Å². The Balaban J connectivity index is 2.50. The Kier molecular flexibility index (Phi) is 5.29. The Labute approximate surface area is 95.6 Å². The van der Waals surface area contributed by atoms with Crippen molar-refractivity contribution >= 4 is 11.3 Å². The van der Waals surface area contributed by atoms with Gasteiger partial charge in [-0.05, 0) is 41.7 Å². The molecule has 86 valence electrons. The summed E-state index contributed by atoms with van der Waals surface area (Å²) in [5.74, 6) is 0. The smallest absolute Gasteiger partial charge is 0.0509 e. The lowest BCUT2D eigenvalue weighted by atomic mass is 9.80. The second kappa shape index (κ2) is 6.26. The van der Waals surface area contributed by atoms with Gasteiger partial charge in [0, 0.05) is 5.41 Å². The summed E-state index contributed by atoms with van der Waals surface area (Å²) in [5.41, 5.74) is 1.03. The summed E-state index contributed by atoms with van der Waals surface area (Å²) < 4.78 is 0. The molecular weight excluding hydrogens is 208 g/mol. The van der Waals surface area contributed by atoms with Crippen molar-refractivity contribution in [2.75, 3.05) is 13.2 Å². The number of hydrogen-bond acceptors (Lipinski definition) is 3. The molecule has 15 heavy (non-hydrogen) atoms. The minimum absolute atomic E-state index is 0.0848. The molecule has 2 nitrogen and oxygen atoms in total. The Morgan fingerprint density at radius 2 is 2.00 bits per heavy atom. The fourth-order valence-corrected chi connectivity index (χ4v) is 2.57. The monoisotopic (exact) mass is 228 g/mol. The van der Waals surface area contributed by atoms with Crippen molar-refractivity contribution in [1.29, 1.82) is 0 Å². The van der Waals surface area contributed by atoms with Crippen molar-refractivity contribution in [1.82, 2.24) is 0 Å². The highest BCUT2D eigenvalue weighted by Crippen LogP contribution is 2.29. The van der Waals surface area contributed by atoms with Gasteiger partial charge in [-0.2, -0.15) is 11.3 Å². The third-order valence-corrected chi connectivity index (χ3v) is 3.71. The quantitative estimate of drug-likeness (QED) is 0.752. The molecule has 1 aromatic rings. The van der Waals surface area contributed by atoms with E-state index in [-0.39, 0.29) is 18.6 Å². The second-order valence-electron chi connectivity index (χ2n) is 4.20. The molecule has 0 fully saturated rings. The summed E-state index contributed by atoms with van der Waals surface area (Å²) in [4.78, 5) is 0. The zero-order chi connectivity index (χ0) is 11.1. The van der Waals surface area contributed by atoms with Gasteiger partial charge in [0.15, 0.2) is 0 Å².